The van der Waals surface area contributed by atoms with Gasteiger partial charge in [-0.15, -0.1) is 0 Å². The summed E-state index contributed by atoms with van der Waals surface area (Å²) in [4.78, 5) is 39.0. The fraction of sp³-hybridized carbons (Fsp3) is 0.320. The highest BCUT2D eigenvalue weighted by Crippen LogP contribution is 2.36. The van der Waals surface area contributed by atoms with Crippen molar-refractivity contribution >= 4 is 48.9 Å². The molecule has 1 aromatic carbocycles. The van der Waals surface area contributed by atoms with E-state index in [1.807, 2.05) is 12.1 Å². The summed E-state index contributed by atoms with van der Waals surface area (Å²) < 4.78 is 6.21. The number of nitrogens with two attached hydrogens (primary N) is 1. The van der Waals surface area contributed by atoms with Gasteiger partial charge in [0.25, 0.3) is 11.8 Å². The molecule has 2 aromatic heterocycles. The average molecular weight is 527 g/mol. The van der Waals surface area contributed by atoms with Crippen molar-refractivity contribution in [3.05, 3.63) is 71.4 Å². The normalized spacial score (nSPS) is 11.7. The van der Waals surface area contributed by atoms with E-state index in [1.54, 1.807) is 24.3 Å². The quantitative estimate of drug-likeness (QED) is 0.296. The van der Waals surface area contributed by atoms with Gasteiger partial charge in [-0.25, -0.2) is 15.0 Å². The number of halogens is 1. The number of nitrogens with one attached hydrogen (secondary N) is 1. The van der Waals surface area contributed by atoms with Gasteiger partial charge in [-0.3, -0.25) is 14.5 Å². The van der Waals surface area contributed by atoms with Crippen LogP contribution in [0.1, 0.15) is 41.7 Å². The molecule has 0 bridgehead atoms. The molecule has 2 amide bonds. The number of hydrogen-bond acceptors (Lipinski definition) is 7. The van der Waals surface area contributed by atoms with E-state index in [1.165, 1.54) is 23.5 Å². The number of primary amides is 1. The van der Waals surface area contributed by atoms with E-state index in [9.17, 15) is 9.59 Å². The predicted octanol–water partition coefficient (Wildman–Crippen LogP) is 5.04. The first-order chi connectivity index (χ1) is 16.9. The van der Waals surface area contributed by atoms with Crippen LogP contribution in [0.4, 0.5) is 17.2 Å². The Bertz CT molecular complexity index is 1210. The van der Waals surface area contributed by atoms with Crippen LogP contribution in [0.3, 0.4) is 0 Å². The molecule has 9 nitrogen and oxygen atoms in total. The standard InChI is InChI=1S/C25H31ClN6O3Si/c1-25(2,3)36(4,5)35-15-14-28-18-7-9-19(10-8-18)32(20-11-6-17(26)16-31-20)24(34)22-21(23(27)33)29-12-13-30-22/h6-13,16,28H,14-15H2,1-5H3,(H2,27,33). The Morgan fingerprint density at radius 2 is 1.67 bits per heavy atom. The topological polar surface area (TPSA) is 123 Å². The maximum absolute atomic E-state index is 13.5. The zero-order valence-electron chi connectivity index (χ0n) is 21.1. The zero-order valence-corrected chi connectivity index (χ0v) is 22.8. The van der Waals surface area contributed by atoms with Gasteiger partial charge in [0.1, 0.15) is 5.82 Å². The summed E-state index contributed by atoms with van der Waals surface area (Å²) in [6.45, 7) is 12.3. The largest absolute Gasteiger partial charge is 0.415 e. The third-order valence-corrected chi connectivity index (χ3v) is 10.9. The number of carbonyl (C=O) groups is 2. The first-order valence-electron chi connectivity index (χ1n) is 11.5. The second-order valence-electron chi connectivity index (χ2n) is 9.68. The number of benzene rings is 1. The van der Waals surface area contributed by atoms with Crippen LogP contribution in [-0.4, -0.2) is 48.2 Å². The maximum Gasteiger partial charge on any atom is 0.285 e. The Kier molecular flexibility index (Phi) is 8.44. The lowest BCUT2D eigenvalue weighted by Crippen LogP contribution is -2.41. The molecule has 0 aliphatic carbocycles. The lowest BCUT2D eigenvalue weighted by atomic mass is 10.2. The summed E-state index contributed by atoms with van der Waals surface area (Å²) in [7, 11) is -1.81. The van der Waals surface area contributed by atoms with Gasteiger partial charge in [0.05, 0.1) is 17.3 Å². The molecule has 190 valence electrons. The molecule has 0 saturated heterocycles. The third-order valence-electron chi connectivity index (χ3n) is 6.10. The van der Waals surface area contributed by atoms with Crippen molar-refractivity contribution in [2.24, 2.45) is 5.73 Å². The predicted molar refractivity (Wildman–Crippen MR) is 144 cm³/mol. The van der Waals surface area contributed by atoms with Crippen molar-refractivity contribution in [1.82, 2.24) is 15.0 Å². The molecule has 0 aliphatic rings. The molecule has 0 radical (unpaired) electrons. The van der Waals surface area contributed by atoms with Crippen molar-refractivity contribution in [3.8, 4) is 0 Å². The zero-order chi connectivity index (χ0) is 26.5. The van der Waals surface area contributed by atoms with E-state index in [-0.39, 0.29) is 16.4 Å². The highest BCUT2D eigenvalue weighted by Gasteiger charge is 2.36. The number of nitrogens with zero attached hydrogens (tertiary/aromatic N) is 4. The summed E-state index contributed by atoms with van der Waals surface area (Å²) in [6.07, 6.45) is 4.06. The molecular formula is C25H31ClN6O3Si. The van der Waals surface area contributed by atoms with E-state index < -0.39 is 20.1 Å². The van der Waals surface area contributed by atoms with Crippen LogP contribution in [0.5, 0.6) is 0 Å². The van der Waals surface area contributed by atoms with Crippen LogP contribution in [0.2, 0.25) is 23.2 Å². The van der Waals surface area contributed by atoms with Crippen molar-refractivity contribution in [2.45, 2.75) is 38.9 Å². The van der Waals surface area contributed by atoms with Crippen molar-refractivity contribution < 1.29 is 14.0 Å². The monoisotopic (exact) mass is 526 g/mol. The Balaban J connectivity index is 1.82. The van der Waals surface area contributed by atoms with Crippen LogP contribution >= 0.6 is 11.6 Å². The third kappa shape index (κ3) is 6.45. The number of anilines is 3. The number of amides is 2. The lowest BCUT2D eigenvalue weighted by Gasteiger charge is -2.36. The van der Waals surface area contributed by atoms with Gasteiger partial charge in [-0.05, 0) is 54.5 Å². The SMILES string of the molecule is CC(C)(C)[Si](C)(C)OCCNc1ccc(N(C(=O)c2nccnc2C(N)=O)c2ccc(Cl)cn2)cc1. The van der Waals surface area contributed by atoms with Crippen molar-refractivity contribution in [3.63, 3.8) is 0 Å². The van der Waals surface area contributed by atoms with E-state index in [0.717, 1.165) is 5.69 Å². The first-order valence-corrected chi connectivity index (χ1v) is 14.7. The molecule has 3 aromatic rings. The van der Waals surface area contributed by atoms with Gasteiger partial charge in [0.15, 0.2) is 19.7 Å². The number of pyridine rings is 1. The number of carbonyl (C=O) groups excluding carboxylic acids is 2. The van der Waals surface area contributed by atoms with Gasteiger partial charge < -0.3 is 15.5 Å². The molecule has 0 spiro atoms. The minimum absolute atomic E-state index is 0.151. The Morgan fingerprint density at radius 3 is 2.22 bits per heavy atom. The minimum Gasteiger partial charge on any atom is -0.415 e. The Morgan fingerprint density at radius 1 is 1.03 bits per heavy atom. The number of rotatable bonds is 9. The molecular weight excluding hydrogens is 496 g/mol. The number of hydrogen-bond donors (Lipinski definition) is 2. The number of aromatic nitrogens is 3. The fourth-order valence-electron chi connectivity index (χ4n) is 3.08. The lowest BCUT2D eigenvalue weighted by molar-refractivity contribution is 0.0959. The maximum atomic E-state index is 13.5. The van der Waals surface area contributed by atoms with E-state index in [2.05, 4.69) is 54.1 Å². The van der Waals surface area contributed by atoms with Crippen LogP contribution in [0, 0.1) is 0 Å². The molecule has 36 heavy (non-hydrogen) atoms. The molecule has 0 unspecified atom stereocenters. The van der Waals surface area contributed by atoms with Crippen LogP contribution in [-0.2, 0) is 4.43 Å². The summed E-state index contributed by atoms with van der Waals surface area (Å²) in [5, 5.41) is 3.91. The summed E-state index contributed by atoms with van der Waals surface area (Å²) in [5.41, 5.74) is 6.40. The minimum atomic E-state index is -1.81. The van der Waals surface area contributed by atoms with Gasteiger partial charge in [0, 0.05) is 30.8 Å². The van der Waals surface area contributed by atoms with Crippen LogP contribution in [0.15, 0.2) is 55.0 Å². The van der Waals surface area contributed by atoms with Gasteiger partial charge in [-0.2, -0.15) is 0 Å². The second kappa shape index (κ2) is 11.1. The second-order valence-corrected chi connectivity index (χ2v) is 14.9. The summed E-state index contributed by atoms with van der Waals surface area (Å²) >= 11 is 5.99. The van der Waals surface area contributed by atoms with Gasteiger partial charge in [0.2, 0.25) is 0 Å². The summed E-state index contributed by atoms with van der Waals surface area (Å²) in [6, 6.07) is 10.5. The van der Waals surface area contributed by atoms with Crippen LogP contribution in [0.25, 0.3) is 0 Å². The molecule has 3 N–H and O–H groups in total. The van der Waals surface area contributed by atoms with E-state index in [4.69, 9.17) is 21.8 Å². The average Bonchev–Trinajstić information content (AvgIpc) is 2.83. The Labute approximate surface area is 217 Å². The fourth-order valence-corrected chi connectivity index (χ4v) is 4.24. The molecule has 0 aliphatic heterocycles. The Hall–Kier alpha value is -3.34. The highest BCUT2D eigenvalue weighted by molar-refractivity contribution is 6.74. The smallest absolute Gasteiger partial charge is 0.285 e. The molecule has 3 rings (SSSR count). The molecule has 11 heteroatoms. The first kappa shape index (κ1) is 27.2. The highest BCUT2D eigenvalue weighted by atomic mass is 35.5. The van der Waals surface area contributed by atoms with E-state index in [0.29, 0.717) is 29.7 Å². The van der Waals surface area contributed by atoms with E-state index >= 15 is 0 Å². The summed E-state index contributed by atoms with van der Waals surface area (Å²) in [5.74, 6) is -1.15. The van der Waals surface area contributed by atoms with Crippen molar-refractivity contribution in [2.75, 3.05) is 23.4 Å². The molecule has 0 fully saturated rings. The molecule has 0 saturated carbocycles. The van der Waals surface area contributed by atoms with Gasteiger partial charge in [-0.1, -0.05) is 32.4 Å². The van der Waals surface area contributed by atoms with Gasteiger partial charge >= 0.3 is 0 Å². The van der Waals surface area contributed by atoms with Crippen LogP contribution < -0.4 is 16.0 Å². The molecule has 2 heterocycles. The molecule has 0 atom stereocenters. The van der Waals surface area contributed by atoms with Crippen molar-refractivity contribution in [1.29, 1.82) is 0 Å².